The summed E-state index contributed by atoms with van der Waals surface area (Å²) >= 11 is 0. The largest absolute Gasteiger partial charge is 0.334 e. The summed E-state index contributed by atoms with van der Waals surface area (Å²) in [5, 5.41) is 14.0. The lowest BCUT2D eigenvalue weighted by molar-refractivity contribution is -0.131. The SMILES string of the molecule is Cc1ccc(CNC(=O)N[C@H](CC(C)C)C(=O)NO)cc1C. The fourth-order valence-corrected chi connectivity index (χ4v) is 2.09. The first-order valence-corrected chi connectivity index (χ1v) is 7.38. The molecule has 0 aliphatic heterocycles. The Morgan fingerprint density at radius 2 is 1.86 bits per heavy atom. The Morgan fingerprint density at radius 1 is 1.18 bits per heavy atom. The molecule has 22 heavy (non-hydrogen) atoms. The number of hydrogen-bond donors (Lipinski definition) is 4. The molecule has 1 atom stereocenters. The molecule has 4 N–H and O–H groups in total. The van der Waals surface area contributed by atoms with E-state index in [-0.39, 0.29) is 5.92 Å². The number of rotatable bonds is 6. The molecule has 0 saturated heterocycles. The number of carbonyl (C=O) groups is 2. The lowest BCUT2D eigenvalue weighted by Crippen LogP contribution is -2.49. The van der Waals surface area contributed by atoms with Gasteiger partial charge in [0, 0.05) is 6.54 Å². The van der Waals surface area contributed by atoms with E-state index in [4.69, 9.17) is 5.21 Å². The first kappa shape index (κ1) is 18.0. The summed E-state index contributed by atoms with van der Waals surface area (Å²) in [7, 11) is 0. The monoisotopic (exact) mass is 307 g/mol. The van der Waals surface area contributed by atoms with Crippen LogP contribution in [0, 0.1) is 19.8 Å². The Bertz CT molecular complexity index is 529. The van der Waals surface area contributed by atoms with Crippen LogP contribution in [0.4, 0.5) is 4.79 Å². The molecule has 6 heteroatoms. The number of hydroxylamine groups is 1. The van der Waals surface area contributed by atoms with Gasteiger partial charge >= 0.3 is 6.03 Å². The highest BCUT2D eigenvalue weighted by atomic mass is 16.5. The number of nitrogens with one attached hydrogen (secondary N) is 3. The van der Waals surface area contributed by atoms with Gasteiger partial charge < -0.3 is 10.6 Å². The Kier molecular flexibility index (Phi) is 6.85. The van der Waals surface area contributed by atoms with Crippen molar-refractivity contribution in [1.82, 2.24) is 16.1 Å². The van der Waals surface area contributed by atoms with E-state index >= 15 is 0 Å². The van der Waals surface area contributed by atoms with Crippen LogP contribution in [-0.4, -0.2) is 23.2 Å². The number of carbonyl (C=O) groups excluding carboxylic acids is 2. The second kappa shape index (κ2) is 8.38. The molecule has 0 heterocycles. The van der Waals surface area contributed by atoms with E-state index in [2.05, 4.69) is 10.6 Å². The fourth-order valence-electron chi connectivity index (χ4n) is 2.09. The zero-order chi connectivity index (χ0) is 16.7. The van der Waals surface area contributed by atoms with E-state index in [0.717, 1.165) is 11.1 Å². The fraction of sp³-hybridized carbons (Fsp3) is 0.500. The van der Waals surface area contributed by atoms with Gasteiger partial charge in [-0.25, -0.2) is 10.3 Å². The summed E-state index contributed by atoms with van der Waals surface area (Å²) in [6, 6.07) is 4.78. The van der Waals surface area contributed by atoms with E-state index < -0.39 is 18.0 Å². The first-order valence-electron chi connectivity index (χ1n) is 7.38. The number of amides is 3. The van der Waals surface area contributed by atoms with Crippen LogP contribution in [0.2, 0.25) is 0 Å². The van der Waals surface area contributed by atoms with Gasteiger partial charge in [0.05, 0.1) is 0 Å². The predicted molar refractivity (Wildman–Crippen MR) is 84.5 cm³/mol. The third kappa shape index (κ3) is 5.73. The second-order valence-electron chi connectivity index (χ2n) is 5.90. The second-order valence-corrected chi connectivity index (χ2v) is 5.90. The molecular formula is C16H25N3O3. The Morgan fingerprint density at radius 3 is 2.41 bits per heavy atom. The molecule has 0 radical (unpaired) electrons. The van der Waals surface area contributed by atoms with Crippen LogP contribution >= 0.6 is 0 Å². The number of urea groups is 1. The highest BCUT2D eigenvalue weighted by Crippen LogP contribution is 2.09. The molecule has 6 nitrogen and oxygen atoms in total. The maximum Gasteiger partial charge on any atom is 0.315 e. The van der Waals surface area contributed by atoms with Gasteiger partial charge in [0.1, 0.15) is 6.04 Å². The van der Waals surface area contributed by atoms with E-state index in [9.17, 15) is 9.59 Å². The molecule has 0 unspecified atom stereocenters. The minimum absolute atomic E-state index is 0.211. The van der Waals surface area contributed by atoms with Gasteiger partial charge in [-0.2, -0.15) is 0 Å². The van der Waals surface area contributed by atoms with Crippen molar-refractivity contribution in [2.45, 2.75) is 46.7 Å². The maximum absolute atomic E-state index is 11.9. The minimum Gasteiger partial charge on any atom is -0.334 e. The van der Waals surface area contributed by atoms with Gasteiger partial charge in [0.25, 0.3) is 5.91 Å². The van der Waals surface area contributed by atoms with Gasteiger partial charge in [-0.15, -0.1) is 0 Å². The van der Waals surface area contributed by atoms with Gasteiger partial charge in [-0.1, -0.05) is 32.0 Å². The normalized spacial score (nSPS) is 11.9. The molecule has 0 fully saturated rings. The van der Waals surface area contributed by atoms with E-state index in [1.54, 1.807) is 5.48 Å². The van der Waals surface area contributed by atoms with Crippen molar-refractivity contribution in [3.63, 3.8) is 0 Å². The summed E-state index contributed by atoms with van der Waals surface area (Å²) in [6.07, 6.45) is 0.448. The van der Waals surface area contributed by atoms with Crippen LogP contribution in [0.15, 0.2) is 18.2 Å². The third-order valence-corrected chi connectivity index (χ3v) is 3.46. The minimum atomic E-state index is -0.759. The van der Waals surface area contributed by atoms with Gasteiger partial charge in [0.2, 0.25) is 0 Å². The molecule has 0 spiro atoms. The molecule has 0 aliphatic rings. The lowest BCUT2D eigenvalue weighted by atomic mass is 10.0. The van der Waals surface area contributed by atoms with Gasteiger partial charge in [-0.3, -0.25) is 10.0 Å². The number of benzene rings is 1. The Balaban J connectivity index is 2.56. The topological polar surface area (TPSA) is 90.5 Å². The number of aryl methyl sites for hydroxylation is 2. The van der Waals surface area contributed by atoms with Crippen LogP contribution in [0.3, 0.4) is 0 Å². The van der Waals surface area contributed by atoms with E-state index in [1.165, 1.54) is 5.56 Å². The van der Waals surface area contributed by atoms with E-state index in [1.807, 2.05) is 45.9 Å². The Labute approximate surface area is 131 Å². The van der Waals surface area contributed by atoms with Crippen LogP contribution in [0.1, 0.15) is 37.0 Å². The molecule has 0 aromatic heterocycles. The number of hydrogen-bond acceptors (Lipinski definition) is 3. The molecule has 3 amide bonds. The third-order valence-electron chi connectivity index (χ3n) is 3.46. The molecule has 1 aromatic rings. The highest BCUT2D eigenvalue weighted by molar-refractivity contribution is 5.86. The van der Waals surface area contributed by atoms with Crippen LogP contribution in [0.25, 0.3) is 0 Å². The molecule has 0 saturated carbocycles. The van der Waals surface area contributed by atoms with Crippen LogP contribution < -0.4 is 16.1 Å². The smallest absolute Gasteiger partial charge is 0.315 e. The summed E-state index contributed by atoms with van der Waals surface area (Å²) in [4.78, 5) is 23.4. The summed E-state index contributed by atoms with van der Waals surface area (Å²) in [6.45, 7) is 8.30. The average Bonchev–Trinajstić information content (AvgIpc) is 2.46. The molecule has 0 aliphatic carbocycles. The zero-order valence-corrected chi connectivity index (χ0v) is 13.6. The standard InChI is InChI=1S/C16H25N3O3/c1-10(2)7-14(15(20)19-22)18-16(21)17-9-13-6-5-11(3)12(4)8-13/h5-6,8,10,14,22H,7,9H2,1-4H3,(H,19,20)(H2,17,18,21)/t14-/m1/s1. The van der Waals surface area contributed by atoms with Gasteiger partial charge in [0.15, 0.2) is 0 Å². The molecule has 0 bridgehead atoms. The molecule has 122 valence electrons. The quantitative estimate of drug-likeness (QED) is 0.479. The molecular weight excluding hydrogens is 282 g/mol. The van der Waals surface area contributed by atoms with Crippen LogP contribution in [-0.2, 0) is 11.3 Å². The van der Waals surface area contributed by atoms with Crippen molar-refractivity contribution in [2.75, 3.05) is 0 Å². The van der Waals surface area contributed by atoms with Crippen molar-refractivity contribution < 1.29 is 14.8 Å². The van der Waals surface area contributed by atoms with Crippen molar-refractivity contribution >= 4 is 11.9 Å². The van der Waals surface area contributed by atoms with Crippen LogP contribution in [0.5, 0.6) is 0 Å². The predicted octanol–water partition coefficient (Wildman–Crippen LogP) is 2.02. The molecule has 1 aromatic carbocycles. The van der Waals surface area contributed by atoms with Gasteiger partial charge in [-0.05, 0) is 42.9 Å². The zero-order valence-electron chi connectivity index (χ0n) is 13.6. The summed E-state index contributed by atoms with van der Waals surface area (Å²) in [5.41, 5.74) is 4.94. The van der Waals surface area contributed by atoms with E-state index in [0.29, 0.717) is 13.0 Å². The Hall–Kier alpha value is -2.08. The summed E-state index contributed by atoms with van der Waals surface area (Å²) < 4.78 is 0. The highest BCUT2D eigenvalue weighted by Gasteiger charge is 2.21. The first-order chi connectivity index (χ1) is 10.3. The molecule has 1 rings (SSSR count). The van der Waals surface area contributed by atoms with Crippen molar-refractivity contribution in [3.05, 3.63) is 34.9 Å². The van der Waals surface area contributed by atoms with Crippen molar-refractivity contribution in [1.29, 1.82) is 0 Å². The summed E-state index contributed by atoms with van der Waals surface area (Å²) in [5.74, 6) is -0.405. The lowest BCUT2D eigenvalue weighted by Gasteiger charge is -2.19. The van der Waals surface area contributed by atoms with Crippen molar-refractivity contribution in [2.24, 2.45) is 5.92 Å². The van der Waals surface area contributed by atoms with Crippen molar-refractivity contribution in [3.8, 4) is 0 Å². The average molecular weight is 307 g/mol. The maximum atomic E-state index is 11.9.